The quantitative estimate of drug-likeness (QED) is 0.870. The van der Waals surface area contributed by atoms with Crippen molar-refractivity contribution in [3.8, 4) is 0 Å². The molecular formula is C13H20N4S. The molecule has 18 heavy (non-hydrogen) atoms. The third kappa shape index (κ3) is 2.97. The first kappa shape index (κ1) is 13.2. The zero-order valence-electron chi connectivity index (χ0n) is 11.2. The van der Waals surface area contributed by atoms with E-state index in [1.54, 1.807) is 0 Å². The molecule has 98 valence electrons. The van der Waals surface area contributed by atoms with Gasteiger partial charge in [0.25, 0.3) is 0 Å². The van der Waals surface area contributed by atoms with Gasteiger partial charge >= 0.3 is 0 Å². The van der Waals surface area contributed by atoms with Crippen LogP contribution in [0.5, 0.6) is 0 Å². The highest BCUT2D eigenvalue weighted by atomic mass is 32.1. The largest absolute Gasteiger partial charge is 0.315 e. The fourth-order valence-corrected chi connectivity index (χ4v) is 2.90. The van der Waals surface area contributed by atoms with E-state index in [0.717, 1.165) is 37.6 Å². The highest BCUT2D eigenvalue weighted by Crippen LogP contribution is 2.18. The first-order chi connectivity index (χ1) is 8.76. The summed E-state index contributed by atoms with van der Waals surface area (Å²) in [4.78, 5) is 7.23. The van der Waals surface area contributed by atoms with Crippen LogP contribution in [0.2, 0.25) is 0 Å². The maximum absolute atomic E-state index is 4.55. The number of aromatic nitrogens is 3. The van der Waals surface area contributed by atoms with Gasteiger partial charge in [-0.2, -0.15) is 5.10 Å². The Morgan fingerprint density at radius 3 is 2.67 bits per heavy atom. The van der Waals surface area contributed by atoms with Crippen molar-refractivity contribution in [2.45, 2.75) is 39.8 Å². The summed E-state index contributed by atoms with van der Waals surface area (Å²) in [6.45, 7) is 5.99. The second-order valence-corrected chi connectivity index (χ2v) is 5.46. The second-order valence-electron chi connectivity index (χ2n) is 4.21. The van der Waals surface area contributed by atoms with E-state index in [1.807, 2.05) is 23.1 Å². The van der Waals surface area contributed by atoms with Crippen molar-refractivity contribution in [1.29, 1.82) is 0 Å². The average Bonchev–Trinajstić information content (AvgIpc) is 2.97. The van der Waals surface area contributed by atoms with Crippen LogP contribution in [-0.4, -0.2) is 21.8 Å². The number of nitrogens with one attached hydrogen (secondary N) is 1. The first-order valence-electron chi connectivity index (χ1n) is 6.41. The zero-order valence-corrected chi connectivity index (χ0v) is 12.0. The number of rotatable bonds is 6. The lowest BCUT2D eigenvalue weighted by molar-refractivity contribution is 0.643. The van der Waals surface area contributed by atoms with Gasteiger partial charge in [0.05, 0.1) is 6.54 Å². The van der Waals surface area contributed by atoms with Gasteiger partial charge in [0.2, 0.25) is 0 Å². The Morgan fingerprint density at radius 2 is 2.00 bits per heavy atom. The van der Waals surface area contributed by atoms with Gasteiger partial charge in [-0.15, -0.1) is 11.3 Å². The van der Waals surface area contributed by atoms with E-state index in [-0.39, 0.29) is 0 Å². The molecule has 0 atom stereocenters. The summed E-state index contributed by atoms with van der Waals surface area (Å²) >= 11 is 1.84. The molecule has 2 rings (SSSR count). The molecule has 0 saturated carbocycles. The maximum atomic E-state index is 4.55. The fraction of sp³-hybridized carbons (Fsp3) is 0.538. The van der Waals surface area contributed by atoms with E-state index in [4.69, 9.17) is 0 Å². The van der Waals surface area contributed by atoms with Crippen LogP contribution in [0.3, 0.4) is 0 Å². The number of nitrogens with zero attached hydrogens (tertiary/aromatic N) is 3. The monoisotopic (exact) mass is 264 g/mol. The molecule has 0 aliphatic heterocycles. The molecule has 0 amide bonds. The Balaban J connectivity index is 2.14. The van der Waals surface area contributed by atoms with Gasteiger partial charge in [-0.05, 0) is 19.2 Å². The van der Waals surface area contributed by atoms with Crippen LogP contribution in [0.1, 0.15) is 35.3 Å². The van der Waals surface area contributed by atoms with Gasteiger partial charge in [0.1, 0.15) is 5.82 Å². The van der Waals surface area contributed by atoms with Crippen LogP contribution >= 0.6 is 11.3 Å². The van der Waals surface area contributed by atoms with Crippen molar-refractivity contribution in [3.63, 3.8) is 0 Å². The Kier molecular flexibility index (Phi) is 4.49. The molecule has 0 radical (unpaired) electrons. The number of thiophene rings is 1. The van der Waals surface area contributed by atoms with Gasteiger partial charge in [-0.1, -0.05) is 13.8 Å². The van der Waals surface area contributed by atoms with E-state index in [0.29, 0.717) is 0 Å². The molecule has 1 N–H and O–H groups in total. The Labute approximate surface area is 112 Å². The molecule has 2 aromatic rings. The summed E-state index contributed by atoms with van der Waals surface area (Å²) < 4.78 is 2.04. The van der Waals surface area contributed by atoms with Gasteiger partial charge in [-0.25, -0.2) is 9.67 Å². The van der Waals surface area contributed by atoms with Crippen molar-refractivity contribution in [2.75, 3.05) is 7.05 Å². The Morgan fingerprint density at radius 1 is 1.22 bits per heavy atom. The third-order valence-electron chi connectivity index (χ3n) is 2.80. The summed E-state index contributed by atoms with van der Waals surface area (Å²) in [5.41, 5.74) is 0. The van der Waals surface area contributed by atoms with E-state index >= 15 is 0 Å². The molecule has 0 aliphatic carbocycles. The van der Waals surface area contributed by atoms with Crippen LogP contribution in [0.4, 0.5) is 0 Å². The van der Waals surface area contributed by atoms with E-state index in [1.165, 1.54) is 9.75 Å². The molecule has 4 nitrogen and oxygen atoms in total. The van der Waals surface area contributed by atoms with Gasteiger partial charge < -0.3 is 5.32 Å². The van der Waals surface area contributed by atoms with Gasteiger partial charge in [0, 0.05) is 29.1 Å². The molecule has 5 heteroatoms. The molecule has 0 aliphatic rings. The lowest BCUT2D eigenvalue weighted by atomic mass is 10.4. The van der Waals surface area contributed by atoms with Crippen molar-refractivity contribution in [3.05, 3.63) is 33.5 Å². The van der Waals surface area contributed by atoms with Crippen LogP contribution in [0.15, 0.2) is 12.1 Å². The third-order valence-corrected chi connectivity index (χ3v) is 3.87. The minimum absolute atomic E-state index is 0.838. The smallest absolute Gasteiger partial charge is 0.150 e. The minimum Gasteiger partial charge on any atom is -0.315 e. The van der Waals surface area contributed by atoms with E-state index in [9.17, 15) is 0 Å². The predicted molar refractivity (Wildman–Crippen MR) is 75.0 cm³/mol. The van der Waals surface area contributed by atoms with Crippen molar-refractivity contribution >= 4 is 11.3 Å². The topological polar surface area (TPSA) is 42.7 Å². The van der Waals surface area contributed by atoms with Crippen molar-refractivity contribution in [1.82, 2.24) is 20.1 Å². The zero-order chi connectivity index (χ0) is 13.0. The van der Waals surface area contributed by atoms with Gasteiger partial charge in [0.15, 0.2) is 5.82 Å². The number of hydrogen-bond donors (Lipinski definition) is 1. The highest BCUT2D eigenvalue weighted by molar-refractivity contribution is 7.11. The maximum Gasteiger partial charge on any atom is 0.150 e. The molecule has 0 spiro atoms. The molecule has 0 unspecified atom stereocenters. The van der Waals surface area contributed by atoms with E-state index in [2.05, 4.69) is 41.4 Å². The second kappa shape index (κ2) is 6.11. The van der Waals surface area contributed by atoms with Crippen molar-refractivity contribution in [2.24, 2.45) is 0 Å². The summed E-state index contributed by atoms with van der Waals surface area (Å²) in [6.07, 6.45) is 1.83. The van der Waals surface area contributed by atoms with Gasteiger partial charge in [-0.3, -0.25) is 0 Å². The molecule has 0 saturated heterocycles. The number of aryl methyl sites for hydroxylation is 2. The van der Waals surface area contributed by atoms with Crippen LogP contribution < -0.4 is 5.32 Å². The molecule has 0 fully saturated rings. The molecule has 2 heterocycles. The molecule has 0 bridgehead atoms. The van der Waals surface area contributed by atoms with E-state index < -0.39 is 0 Å². The lowest BCUT2D eigenvalue weighted by Crippen LogP contribution is -2.05. The molecule has 2 aromatic heterocycles. The average molecular weight is 264 g/mol. The lowest BCUT2D eigenvalue weighted by Gasteiger charge is -2.01. The Bertz CT molecular complexity index is 501. The summed E-state index contributed by atoms with van der Waals surface area (Å²) in [5.74, 6) is 2.02. The number of hydrogen-bond acceptors (Lipinski definition) is 4. The van der Waals surface area contributed by atoms with Crippen molar-refractivity contribution < 1.29 is 0 Å². The van der Waals surface area contributed by atoms with Crippen LogP contribution in [-0.2, 0) is 25.9 Å². The predicted octanol–water partition coefficient (Wildman–Crippen LogP) is 2.23. The normalized spacial score (nSPS) is 11.1. The van der Waals surface area contributed by atoms with Crippen LogP contribution in [0.25, 0.3) is 0 Å². The fourth-order valence-electron chi connectivity index (χ4n) is 1.89. The first-order valence-corrected chi connectivity index (χ1v) is 7.23. The minimum atomic E-state index is 0.838. The standard InChI is InChI=1S/C13H20N4S/c1-4-12-15-13(5-2)17(16-12)9-11-7-6-10(18-11)8-14-3/h6-7,14H,4-5,8-9H2,1-3H3. The summed E-state index contributed by atoms with van der Waals surface area (Å²) in [6, 6.07) is 4.36. The SMILES string of the molecule is CCc1nc(CC)n(Cc2ccc(CNC)s2)n1. The molecular weight excluding hydrogens is 244 g/mol. The Hall–Kier alpha value is -1.20. The highest BCUT2D eigenvalue weighted by Gasteiger charge is 2.08. The summed E-state index contributed by atoms with van der Waals surface area (Å²) in [5, 5.41) is 7.72. The molecule has 0 aromatic carbocycles. The summed E-state index contributed by atoms with van der Waals surface area (Å²) in [7, 11) is 1.97. The van der Waals surface area contributed by atoms with Crippen LogP contribution in [0, 0.1) is 0 Å².